The SMILES string of the molecule is CC(N)C1CCN(C(=O)C(C)(C)c2ccc3c(c2)OCCO3)CC1.Cl. The summed E-state index contributed by atoms with van der Waals surface area (Å²) in [4.78, 5) is 15.1. The Hall–Kier alpha value is -1.46. The fourth-order valence-electron chi connectivity index (χ4n) is 3.58. The van der Waals surface area contributed by atoms with Crippen molar-refractivity contribution in [3.05, 3.63) is 23.8 Å². The molecule has 1 atom stereocenters. The number of fused-ring (bicyclic) bond motifs is 1. The van der Waals surface area contributed by atoms with E-state index in [1.54, 1.807) is 0 Å². The lowest BCUT2D eigenvalue weighted by atomic mass is 9.81. The molecule has 1 aromatic carbocycles. The number of hydrogen-bond acceptors (Lipinski definition) is 4. The van der Waals surface area contributed by atoms with Crippen molar-refractivity contribution in [2.45, 2.75) is 45.1 Å². The summed E-state index contributed by atoms with van der Waals surface area (Å²) in [5.74, 6) is 2.18. The average molecular weight is 369 g/mol. The first kappa shape index (κ1) is 19.9. The number of carbonyl (C=O) groups is 1. The Balaban J connectivity index is 0.00000225. The van der Waals surface area contributed by atoms with E-state index < -0.39 is 5.41 Å². The summed E-state index contributed by atoms with van der Waals surface area (Å²) >= 11 is 0. The number of likely N-dealkylation sites (tertiary alicyclic amines) is 1. The molecule has 1 amide bonds. The van der Waals surface area contributed by atoms with Gasteiger partial charge in [-0.15, -0.1) is 12.4 Å². The summed E-state index contributed by atoms with van der Waals surface area (Å²) < 4.78 is 11.2. The van der Waals surface area contributed by atoms with Gasteiger partial charge < -0.3 is 20.1 Å². The molecule has 1 unspecified atom stereocenters. The Kier molecular flexibility index (Phi) is 6.22. The molecule has 2 aliphatic rings. The summed E-state index contributed by atoms with van der Waals surface area (Å²) in [6.07, 6.45) is 1.97. The van der Waals surface area contributed by atoms with Crippen LogP contribution < -0.4 is 15.2 Å². The summed E-state index contributed by atoms with van der Waals surface area (Å²) in [5, 5.41) is 0. The van der Waals surface area contributed by atoms with E-state index in [1.807, 2.05) is 36.9 Å². The maximum absolute atomic E-state index is 13.1. The molecule has 140 valence electrons. The van der Waals surface area contributed by atoms with Crippen molar-refractivity contribution < 1.29 is 14.3 Å². The minimum Gasteiger partial charge on any atom is -0.486 e. The van der Waals surface area contributed by atoms with Crippen LogP contribution in [0.5, 0.6) is 11.5 Å². The molecule has 2 aliphatic heterocycles. The fourth-order valence-corrected chi connectivity index (χ4v) is 3.58. The third-order valence-corrected chi connectivity index (χ3v) is 5.37. The van der Waals surface area contributed by atoms with Crippen molar-refractivity contribution in [1.29, 1.82) is 0 Å². The standard InChI is InChI=1S/C19H28N2O3.ClH/c1-13(20)14-6-8-21(9-7-14)18(22)19(2,3)15-4-5-16-17(12-15)24-11-10-23-16;/h4-5,12-14H,6-11,20H2,1-3H3;1H. The molecule has 0 radical (unpaired) electrons. The minimum atomic E-state index is -0.586. The zero-order valence-electron chi connectivity index (χ0n) is 15.3. The molecular formula is C19H29ClN2O3. The zero-order valence-corrected chi connectivity index (χ0v) is 16.1. The van der Waals surface area contributed by atoms with E-state index in [9.17, 15) is 4.79 Å². The summed E-state index contributed by atoms with van der Waals surface area (Å²) in [6, 6.07) is 6.02. The molecule has 25 heavy (non-hydrogen) atoms. The number of amides is 1. The van der Waals surface area contributed by atoms with Gasteiger partial charge in [0.05, 0.1) is 5.41 Å². The largest absolute Gasteiger partial charge is 0.486 e. The third-order valence-electron chi connectivity index (χ3n) is 5.37. The molecule has 0 spiro atoms. The van der Waals surface area contributed by atoms with Crippen LogP contribution in [0.25, 0.3) is 0 Å². The van der Waals surface area contributed by atoms with E-state index in [-0.39, 0.29) is 24.4 Å². The highest BCUT2D eigenvalue weighted by atomic mass is 35.5. The molecule has 3 rings (SSSR count). The van der Waals surface area contributed by atoms with Gasteiger partial charge in [-0.05, 0) is 57.2 Å². The Labute approximate surface area is 156 Å². The molecule has 6 heteroatoms. The summed E-state index contributed by atoms with van der Waals surface area (Å²) in [7, 11) is 0. The van der Waals surface area contributed by atoms with Gasteiger partial charge in [-0.25, -0.2) is 0 Å². The lowest BCUT2D eigenvalue weighted by Gasteiger charge is -2.38. The van der Waals surface area contributed by atoms with Crippen LogP contribution in [-0.2, 0) is 10.2 Å². The van der Waals surface area contributed by atoms with Crippen molar-refractivity contribution in [2.24, 2.45) is 11.7 Å². The Morgan fingerprint density at radius 2 is 1.80 bits per heavy atom. The first-order chi connectivity index (χ1) is 11.4. The number of hydrogen-bond donors (Lipinski definition) is 1. The van der Waals surface area contributed by atoms with Gasteiger partial charge in [-0.3, -0.25) is 4.79 Å². The van der Waals surface area contributed by atoms with Crippen molar-refractivity contribution in [1.82, 2.24) is 4.90 Å². The van der Waals surface area contributed by atoms with E-state index in [0.29, 0.717) is 19.1 Å². The topological polar surface area (TPSA) is 64.8 Å². The number of nitrogens with two attached hydrogens (primary N) is 1. The minimum absolute atomic E-state index is 0. The van der Waals surface area contributed by atoms with Gasteiger partial charge in [0.2, 0.25) is 5.91 Å². The first-order valence-electron chi connectivity index (χ1n) is 8.84. The Morgan fingerprint density at radius 1 is 1.20 bits per heavy atom. The second-order valence-corrected chi connectivity index (χ2v) is 7.47. The lowest BCUT2D eigenvalue weighted by molar-refractivity contribution is -0.137. The molecule has 5 nitrogen and oxygen atoms in total. The Bertz CT molecular complexity index is 611. The predicted octanol–water partition coefficient (Wildman–Crippen LogP) is 2.74. The molecule has 0 aliphatic carbocycles. The molecule has 1 fully saturated rings. The number of halogens is 1. The monoisotopic (exact) mass is 368 g/mol. The number of nitrogens with zero attached hydrogens (tertiary/aromatic N) is 1. The quantitative estimate of drug-likeness (QED) is 0.890. The van der Waals surface area contributed by atoms with Crippen LogP contribution in [0.3, 0.4) is 0 Å². The van der Waals surface area contributed by atoms with Crippen molar-refractivity contribution in [2.75, 3.05) is 26.3 Å². The lowest BCUT2D eigenvalue weighted by Crippen LogP contribution is -2.48. The maximum atomic E-state index is 13.1. The normalized spacial score (nSPS) is 19.1. The van der Waals surface area contributed by atoms with Crippen LogP contribution in [-0.4, -0.2) is 43.2 Å². The number of rotatable bonds is 3. The van der Waals surface area contributed by atoms with Gasteiger partial charge in [0.25, 0.3) is 0 Å². The van der Waals surface area contributed by atoms with Gasteiger partial charge in [0, 0.05) is 19.1 Å². The van der Waals surface area contributed by atoms with Gasteiger partial charge in [0.15, 0.2) is 11.5 Å². The van der Waals surface area contributed by atoms with Crippen molar-refractivity contribution in [3.8, 4) is 11.5 Å². The summed E-state index contributed by atoms with van der Waals surface area (Å²) in [6.45, 7) is 8.73. The Morgan fingerprint density at radius 3 is 2.40 bits per heavy atom. The van der Waals surface area contributed by atoms with Crippen LogP contribution >= 0.6 is 12.4 Å². The highest BCUT2D eigenvalue weighted by molar-refractivity contribution is 5.87. The third kappa shape index (κ3) is 4.04. The predicted molar refractivity (Wildman–Crippen MR) is 101 cm³/mol. The summed E-state index contributed by atoms with van der Waals surface area (Å²) in [5.41, 5.74) is 6.38. The maximum Gasteiger partial charge on any atom is 0.232 e. The van der Waals surface area contributed by atoms with Gasteiger partial charge in [-0.2, -0.15) is 0 Å². The fraction of sp³-hybridized carbons (Fsp3) is 0.632. The molecule has 1 saturated heterocycles. The second-order valence-electron chi connectivity index (χ2n) is 7.47. The molecule has 2 heterocycles. The molecule has 2 N–H and O–H groups in total. The molecular weight excluding hydrogens is 340 g/mol. The van der Waals surface area contributed by atoms with Gasteiger partial charge in [-0.1, -0.05) is 6.07 Å². The zero-order chi connectivity index (χ0) is 17.3. The molecule has 0 aromatic heterocycles. The number of ether oxygens (including phenoxy) is 2. The number of piperidine rings is 1. The van der Waals surface area contributed by atoms with E-state index in [1.165, 1.54) is 0 Å². The van der Waals surface area contributed by atoms with Gasteiger partial charge >= 0.3 is 0 Å². The number of benzene rings is 1. The molecule has 0 saturated carbocycles. The van der Waals surface area contributed by atoms with E-state index >= 15 is 0 Å². The van der Waals surface area contributed by atoms with E-state index in [0.717, 1.165) is 43.0 Å². The average Bonchev–Trinajstić information content (AvgIpc) is 2.60. The van der Waals surface area contributed by atoms with Crippen molar-refractivity contribution >= 4 is 18.3 Å². The van der Waals surface area contributed by atoms with Crippen molar-refractivity contribution in [3.63, 3.8) is 0 Å². The first-order valence-corrected chi connectivity index (χ1v) is 8.84. The van der Waals surface area contributed by atoms with Crippen LogP contribution in [0, 0.1) is 5.92 Å². The van der Waals surface area contributed by atoms with Crippen LogP contribution in [0.2, 0.25) is 0 Å². The van der Waals surface area contributed by atoms with E-state index in [2.05, 4.69) is 6.92 Å². The molecule has 0 bridgehead atoms. The number of carbonyl (C=O) groups excluding carboxylic acids is 1. The smallest absolute Gasteiger partial charge is 0.232 e. The van der Waals surface area contributed by atoms with Gasteiger partial charge in [0.1, 0.15) is 13.2 Å². The van der Waals surface area contributed by atoms with Crippen LogP contribution in [0.15, 0.2) is 18.2 Å². The van der Waals surface area contributed by atoms with Crippen LogP contribution in [0.1, 0.15) is 39.2 Å². The highest BCUT2D eigenvalue weighted by Crippen LogP contribution is 2.36. The van der Waals surface area contributed by atoms with E-state index in [4.69, 9.17) is 15.2 Å². The highest BCUT2D eigenvalue weighted by Gasteiger charge is 2.36. The van der Waals surface area contributed by atoms with Crippen LogP contribution in [0.4, 0.5) is 0 Å². The second kappa shape index (κ2) is 7.83. The molecule has 1 aromatic rings.